The van der Waals surface area contributed by atoms with Crippen molar-refractivity contribution in [1.82, 2.24) is 10.2 Å². The number of rotatable bonds is 5. The molecule has 1 heterocycles. The summed E-state index contributed by atoms with van der Waals surface area (Å²) in [6.45, 7) is 3.36. The lowest BCUT2D eigenvalue weighted by Gasteiger charge is -2.20. The minimum Gasteiger partial charge on any atom is -0.395 e. The van der Waals surface area contributed by atoms with Gasteiger partial charge in [-0.25, -0.2) is 0 Å². The van der Waals surface area contributed by atoms with E-state index in [1.54, 1.807) is 0 Å². The SMILES string of the molecule is CN(CCO)CCC1CCCCCN1. The molecular formula is C11H24N2O. The van der Waals surface area contributed by atoms with E-state index in [0.29, 0.717) is 6.04 Å². The van der Waals surface area contributed by atoms with Crippen molar-refractivity contribution in [1.29, 1.82) is 0 Å². The molecular weight excluding hydrogens is 176 g/mol. The van der Waals surface area contributed by atoms with E-state index in [1.807, 2.05) is 0 Å². The van der Waals surface area contributed by atoms with Crippen LogP contribution in [-0.4, -0.2) is 49.3 Å². The summed E-state index contributed by atoms with van der Waals surface area (Å²) >= 11 is 0. The minimum atomic E-state index is 0.272. The fourth-order valence-electron chi connectivity index (χ4n) is 2.01. The molecule has 0 spiro atoms. The summed E-state index contributed by atoms with van der Waals surface area (Å²) in [6.07, 6.45) is 6.64. The van der Waals surface area contributed by atoms with Gasteiger partial charge in [-0.1, -0.05) is 12.8 Å². The van der Waals surface area contributed by atoms with Crippen LogP contribution in [-0.2, 0) is 0 Å². The average molecular weight is 200 g/mol. The Labute approximate surface area is 87.5 Å². The molecule has 1 unspecified atom stereocenters. The Balaban J connectivity index is 2.09. The molecule has 3 heteroatoms. The van der Waals surface area contributed by atoms with Crippen LogP contribution in [0.5, 0.6) is 0 Å². The summed E-state index contributed by atoms with van der Waals surface area (Å²) in [4.78, 5) is 2.20. The fourth-order valence-corrected chi connectivity index (χ4v) is 2.01. The first-order chi connectivity index (χ1) is 6.83. The van der Waals surface area contributed by atoms with E-state index >= 15 is 0 Å². The molecule has 3 nitrogen and oxygen atoms in total. The molecule has 0 bridgehead atoms. The van der Waals surface area contributed by atoms with Crippen molar-refractivity contribution < 1.29 is 5.11 Å². The third kappa shape index (κ3) is 4.94. The Morgan fingerprint density at radius 3 is 2.93 bits per heavy atom. The van der Waals surface area contributed by atoms with E-state index in [2.05, 4.69) is 17.3 Å². The first-order valence-electron chi connectivity index (χ1n) is 5.85. The molecule has 84 valence electrons. The van der Waals surface area contributed by atoms with Gasteiger partial charge in [0.2, 0.25) is 0 Å². The summed E-state index contributed by atoms with van der Waals surface area (Å²) < 4.78 is 0. The molecule has 1 fully saturated rings. The van der Waals surface area contributed by atoms with Gasteiger partial charge in [-0.05, 0) is 39.4 Å². The second-order valence-corrected chi connectivity index (χ2v) is 4.32. The summed E-state index contributed by atoms with van der Waals surface area (Å²) in [5, 5.41) is 12.4. The van der Waals surface area contributed by atoms with E-state index in [-0.39, 0.29) is 6.61 Å². The number of hydrogen-bond acceptors (Lipinski definition) is 3. The number of aliphatic hydroxyl groups excluding tert-OH is 1. The van der Waals surface area contributed by atoms with Crippen LogP contribution in [0, 0.1) is 0 Å². The summed E-state index contributed by atoms with van der Waals surface area (Å²) in [6, 6.07) is 0.707. The molecule has 2 N–H and O–H groups in total. The van der Waals surface area contributed by atoms with Crippen LogP contribution in [0.15, 0.2) is 0 Å². The third-order valence-electron chi connectivity index (χ3n) is 3.00. The fraction of sp³-hybridized carbons (Fsp3) is 1.00. The van der Waals surface area contributed by atoms with Gasteiger partial charge in [0.1, 0.15) is 0 Å². The van der Waals surface area contributed by atoms with E-state index in [4.69, 9.17) is 5.11 Å². The van der Waals surface area contributed by atoms with E-state index in [9.17, 15) is 0 Å². The molecule has 0 aromatic rings. The summed E-state index contributed by atoms with van der Waals surface area (Å²) in [5.41, 5.74) is 0. The van der Waals surface area contributed by atoms with Crippen molar-refractivity contribution >= 4 is 0 Å². The smallest absolute Gasteiger partial charge is 0.0558 e. The largest absolute Gasteiger partial charge is 0.395 e. The maximum Gasteiger partial charge on any atom is 0.0558 e. The molecule has 0 saturated carbocycles. The molecule has 0 radical (unpaired) electrons. The van der Waals surface area contributed by atoms with E-state index in [1.165, 1.54) is 38.6 Å². The van der Waals surface area contributed by atoms with Crippen molar-refractivity contribution in [2.75, 3.05) is 33.3 Å². The van der Waals surface area contributed by atoms with Gasteiger partial charge < -0.3 is 15.3 Å². The van der Waals surface area contributed by atoms with Crippen molar-refractivity contribution in [2.24, 2.45) is 0 Å². The van der Waals surface area contributed by atoms with Crippen molar-refractivity contribution in [3.63, 3.8) is 0 Å². The third-order valence-corrected chi connectivity index (χ3v) is 3.00. The lowest BCUT2D eigenvalue weighted by molar-refractivity contribution is 0.214. The van der Waals surface area contributed by atoms with Crippen molar-refractivity contribution in [2.45, 2.75) is 38.1 Å². The zero-order valence-corrected chi connectivity index (χ0v) is 9.34. The van der Waals surface area contributed by atoms with Crippen LogP contribution in [0.25, 0.3) is 0 Å². The van der Waals surface area contributed by atoms with Gasteiger partial charge in [0.25, 0.3) is 0 Å². The first-order valence-corrected chi connectivity index (χ1v) is 5.85. The van der Waals surface area contributed by atoms with Crippen LogP contribution >= 0.6 is 0 Å². The van der Waals surface area contributed by atoms with Gasteiger partial charge >= 0.3 is 0 Å². The van der Waals surface area contributed by atoms with Gasteiger partial charge in [0.05, 0.1) is 6.61 Å². The maximum absolute atomic E-state index is 8.76. The lowest BCUT2D eigenvalue weighted by Crippen LogP contribution is -2.33. The van der Waals surface area contributed by atoms with Gasteiger partial charge in [0.15, 0.2) is 0 Å². The highest BCUT2D eigenvalue weighted by molar-refractivity contribution is 4.71. The number of nitrogens with one attached hydrogen (secondary N) is 1. The van der Waals surface area contributed by atoms with Gasteiger partial charge in [0, 0.05) is 12.6 Å². The second-order valence-electron chi connectivity index (χ2n) is 4.32. The van der Waals surface area contributed by atoms with E-state index in [0.717, 1.165) is 13.1 Å². The molecule has 1 rings (SSSR count). The molecule has 0 aliphatic carbocycles. The molecule has 0 aromatic heterocycles. The molecule has 1 atom stereocenters. The molecule has 1 aliphatic heterocycles. The van der Waals surface area contributed by atoms with Crippen molar-refractivity contribution in [3.05, 3.63) is 0 Å². The lowest BCUT2D eigenvalue weighted by atomic mass is 10.1. The predicted molar refractivity (Wildman–Crippen MR) is 59.5 cm³/mol. The highest BCUT2D eigenvalue weighted by Gasteiger charge is 2.11. The second kappa shape index (κ2) is 7.21. The number of hydrogen-bond donors (Lipinski definition) is 2. The molecule has 0 aromatic carbocycles. The van der Waals surface area contributed by atoms with E-state index < -0.39 is 0 Å². The quantitative estimate of drug-likeness (QED) is 0.690. The van der Waals surface area contributed by atoms with Crippen LogP contribution in [0.2, 0.25) is 0 Å². The number of nitrogens with zero attached hydrogens (tertiary/aromatic N) is 1. The van der Waals surface area contributed by atoms with Crippen LogP contribution in [0.4, 0.5) is 0 Å². The highest BCUT2D eigenvalue weighted by atomic mass is 16.3. The minimum absolute atomic E-state index is 0.272. The molecule has 1 saturated heterocycles. The Bertz CT molecular complexity index is 133. The summed E-state index contributed by atoms with van der Waals surface area (Å²) in [7, 11) is 2.08. The maximum atomic E-state index is 8.76. The predicted octanol–water partition coefficient (Wildman–Crippen LogP) is 0.833. The Hall–Kier alpha value is -0.120. The highest BCUT2D eigenvalue weighted by Crippen LogP contribution is 2.11. The van der Waals surface area contributed by atoms with Gasteiger partial charge in [-0.2, -0.15) is 0 Å². The zero-order chi connectivity index (χ0) is 10.2. The average Bonchev–Trinajstić information content (AvgIpc) is 2.43. The van der Waals surface area contributed by atoms with Gasteiger partial charge in [-0.3, -0.25) is 0 Å². The first kappa shape index (κ1) is 12.0. The normalized spacial score (nSPS) is 23.8. The standard InChI is InChI=1S/C11H24N2O/c1-13(9-10-14)8-6-11-5-3-2-4-7-12-11/h11-12,14H,2-10H2,1H3. The van der Waals surface area contributed by atoms with Crippen LogP contribution in [0.3, 0.4) is 0 Å². The van der Waals surface area contributed by atoms with Gasteiger partial charge in [-0.15, -0.1) is 0 Å². The Morgan fingerprint density at radius 1 is 1.29 bits per heavy atom. The summed E-state index contributed by atoms with van der Waals surface area (Å²) in [5.74, 6) is 0. The Morgan fingerprint density at radius 2 is 2.14 bits per heavy atom. The Kier molecular flexibility index (Phi) is 6.15. The zero-order valence-electron chi connectivity index (χ0n) is 9.34. The number of likely N-dealkylation sites (N-methyl/N-ethyl adjacent to an activating group) is 1. The monoisotopic (exact) mass is 200 g/mol. The van der Waals surface area contributed by atoms with Crippen LogP contribution in [0.1, 0.15) is 32.1 Å². The molecule has 1 aliphatic rings. The molecule has 0 amide bonds. The number of aliphatic hydroxyl groups is 1. The topological polar surface area (TPSA) is 35.5 Å². The van der Waals surface area contributed by atoms with Crippen LogP contribution < -0.4 is 5.32 Å². The molecule has 14 heavy (non-hydrogen) atoms. The van der Waals surface area contributed by atoms with Crippen molar-refractivity contribution in [3.8, 4) is 0 Å².